The zero-order chi connectivity index (χ0) is 12.9. The Bertz CT molecular complexity index is 371. The van der Waals surface area contributed by atoms with Crippen molar-refractivity contribution in [3.05, 3.63) is 27.7 Å². The van der Waals surface area contributed by atoms with Gasteiger partial charge in [0, 0.05) is 4.47 Å². The molecule has 0 atom stereocenters. The molecule has 0 N–H and O–H groups in total. The van der Waals surface area contributed by atoms with Crippen LogP contribution in [0, 0.1) is 0 Å². The van der Waals surface area contributed by atoms with Gasteiger partial charge in [0.05, 0.1) is 11.6 Å². The van der Waals surface area contributed by atoms with Gasteiger partial charge in [-0.05, 0) is 18.2 Å². The monoisotopic (exact) mass is 332 g/mol. The van der Waals surface area contributed by atoms with Gasteiger partial charge >= 0.3 is 6.18 Å². The molecular formula is C10H9BrClF3O2. The van der Waals surface area contributed by atoms with Gasteiger partial charge in [-0.25, -0.2) is 0 Å². The van der Waals surface area contributed by atoms with Crippen LogP contribution < -0.4 is 4.74 Å². The van der Waals surface area contributed by atoms with Crippen LogP contribution in [0.15, 0.2) is 22.7 Å². The zero-order valence-corrected chi connectivity index (χ0v) is 10.9. The molecule has 0 fully saturated rings. The van der Waals surface area contributed by atoms with Crippen molar-refractivity contribution in [1.29, 1.82) is 0 Å². The van der Waals surface area contributed by atoms with Crippen molar-refractivity contribution in [2.45, 2.75) is 6.18 Å². The molecule has 0 heterocycles. The number of benzene rings is 1. The van der Waals surface area contributed by atoms with Gasteiger partial charge in [-0.15, -0.1) is 0 Å². The molecule has 1 rings (SSSR count). The Hall–Kier alpha value is -0.460. The van der Waals surface area contributed by atoms with Gasteiger partial charge in [-0.2, -0.15) is 13.2 Å². The Morgan fingerprint density at radius 2 is 1.94 bits per heavy atom. The van der Waals surface area contributed by atoms with Crippen molar-refractivity contribution in [3.8, 4) is 5.75 Å². The molecule has 0 saturated carbocycles. The van der Waals surface area contributed by atoms with E-state index in [1.165, 1.54) is 0 Å². The standard InChI is InChI=1S/C10H9BrClF3O2/c11-7-1-2-9(8(12)5-7)17-4-3-16-6-10(13,14)15/h1-2,5H,3-4,6H2. The Balaban J connectivity index is 2.27. The topological polar surface area (TPSA) is 18.5 Å². The third kappa shape index (κ3) is 6.14. The van der Waals surface area contributed by atoms with E-state index in [0.717, 1.165) is 4.47 Å². The average molecular weight is 334 g/mol. The van der Waals surface area contributed by atoms with Gasteiger partial charge in [0.1, 0.15) is 19.0 Å². The van der Waals surface area contributed by atoms with Crippen LogP contribution in [0.25, 0.3) is 0 Å². The minimum absolute atomic E-state index is 0.0113. The molecule has 1 aromatic rings. The van der Waals surface area contributed by atoms with Crippen LogP contribution in [-0.4, -0.2) is 26.0 Å². The molecule has 0 spiro atoms. The van der Waals surface area contributed by atoms with Gasteiger partial charge in [-0.3, -0.25) is 0 Å². The first-order valence-electron chi connectivity index (χ1n) is 4.61. The van der Waals surface area contributed by atoms with Crippen molar-refractivity contribution in [1.82, 2.24) is 0 Å². The lowest BCUT2D eigenvalue weighted by Gasteiger charge is -2.10. The second kappa shape index (κ2) is 6.47. The third-order valence-electron chi connectivity index (χ3n) is 1.64. The van der Waals surface area contributed by atoms with Gasteiger partial charge in [-0.1, -0.05) is 27.5 Å². The summed E-state index contributed by atoms with van der Waals surface area (Å²) in [6, 6.07) is 4.97. The summed E-state index contributed by atoms with van der Waals surface area (Å²) in [5, 5.41) is 0.384. The van der Waals surface area contributed by atoms with Crippen LogP contribution in [0.2, 0.25) is 5.02 Å². The van der Waals surface area contributed by atoms with E-state index in [2.05, 4.69) is 20.7 Å². The lowest BCUT2D eigenvalue weighted by molar-refractivity contribution is -0.175. The lowest BCUT2D eigenvalue weighted by atomic mass is 10.3. The van der Waals surface area contributed by atoms with Crippen LogP contribution in [0.5, 0.6) is 5.75 Å². The summed E-state index contributed by atoms with van der Waals surface area (Å²) in [4.78, 5) is 0. The van der Waals surface area contributed by atoms with Crippen molar-refractivity contribution >= 4 is 27.5 Å². The summed E-state index contributed by atoms with van der Waals surface area (Å²) in [6.45, 7) is -1.41. The van der Waals surface area contributed by atoms with Crippen LogP contribution in [0.4, 0.5) is 13.2 Å². The highest BCUT2D eigenvalue weighted by Crippen LogP contribution is 2.27. The number of rotatable bonds is 5. The summed E-state index contributed by atoms with van der Waals surface area (Å²) in [5.41, 5.74) is 0. The molecule has 0 aliphatic carbocycles. The number of ether oxygens (including phenoxy) is 2. The molecule has 0 aromatic heterocycles. The molecule has 0 amide bonds. The molecule has 0 unspecified atom stereocenters. The van der Waals surface area contributed by atoms with E-state index in [1.807, 2.05) is 0 Å². The van der Waals surface area contributed by atoms with Crippen LogP contribution >= 0.6 is 27.5 Å². The molecule has 1 aromatic carbocycles. The average Bonchev–Trinajstić information content (AvgIpc) is 2.18. The molecule has 7 heteroatoms. The second-order valence-electron chi connectivity index (χ2n) is 3.09. The minimum atomic E-state index is -4.31. The number of hydrogen-bond donors (Lipinski definition) is 0. The summed E-state index contributed by atoms with van der Waals surface area (Å²) >= 11 is 9.06. The number of alkyl halides is 3. The van der Waals surface area contributed by atoms with Crippen LogP contribution in [-0.2, 0) is 4.74 Å². The molecule has 2 nitrogen and oxygen atoms in total. The Kier molecular flexibility index (Phi) is 5.55. The maximum absolute atomic E-state index is 11.7. The quantitative estimate of drug-likeness (QED) is 0.757. The van der Waals surface area contributed by atoms with Gasteiger partial charge in [0.2, 0.25) is 0 Å². The maximum Gasteiger partial charge on any atom is 0.411 e. The highest BCUT2D eigenvalue weighted by Gasteiger charge is 2.27. The van der Waals surface area contributed by atoms with Gasteiger partial charge < -0.3 is 9.47 Å². The SMILES string of the molecule is FC(F)(F)COCCOc1ccc(Br)cc1Cl. The summed E-state index contributed by atoms with van der Waals surface area (Å²) in [6.07, 6.45) is -4.31. The molecule has 96 valence electrons. The number of halogens is 5. The van der Waals surface area contributed by atoms with Crippen molar-refractivity contribution in [3.63, 3.8) is 0 Å². The van der Waals surface area contributed by atoms with Gasteiger partial charge in [0.25, 0.3) is 0 Å². The Morgan fingerprint density at radius 3 is 2.53 bits per heavy atom. The van der Waals surface area contributed by atoms with E-state index in [1.54, 1.807) is 18.2 Å². The first-order valence-corrected chi connectivity index (χ1v) is 5.78. The molecule has 0 bridgehead atoms. The molecule has 0 saturated heterocycles. The summed E-state index contributed by atoms with van der Waals surface area (Å²) in [5.74, 6) is 0.408. The first-order chi connectivity index (χ1) is 7.88. The molecule has 0 aliphatic heterocycles. The molecular weight excluding hydrogens is 324 g/mol. The zero-order valence-electron chi connectivity index (χ0n) is 8.56. The molecule has 17 heavy (non-hydrogen) atoms. The number of hydrogen-bond acceptors (Lipinski definition) is 2. The minimum Gasteiger partial charge on any atom is -0.490 e. The Labute approximate surface area is 110 Å². The maximum atomic E-state index is 11.7. The molecule has 0 radical (unpaired) electrons. The van der Waals surface area contributed by atoms with E-state index < -0.39 is 12.8 Å². The van der Waals surface area contributed by atoms with E-state index in [9.17, 15) is 13.2 Å². The van der Waals surface area contributed by atoms with E-state index >= 15 is 0 Å². The first kappa shape index (κ1) is 14.6. The van der Waals surface area contributed by atoms with Crippen LogP contribution in [0.3, 0.4) is 0 Å². The fourth-order valence-electron chi connectivity index (χ4n) is 0.991. The summed E-state index contributed by atoms with van der Waals surface area (Å²) < 4.78 is 45.5. The highest BCUT2D eigenvalue weighted by atomic mass is 79.9. The van der Waals surface area contributed by atoms with Crippen LogP contribution in [0.1, 0.15) is 0 Å². The smallest absolute Gasteiger partial charge is 0.411 e. The van der Waals surface area contributed by atoms with E-state index in [-0.39, 0.29) is 13.2 Å². The fourth-order valence-corrected chi connectivity index (χ4v) is 1.72. The second-order valence-corrected chi connectivity index (χ2v) is 4.41. The predicted octanol–water partition coefficient (Wildman–Crippen LogP) is 4.06. The van der Waals surface area contributed by atoms with Gasteiger partial charge in [0.15, 0.2) is 0 Å². The van der Waals surface area contributed by atoms with E-state index in [0.29, 0.717) is 10.8 Å². The normalized spacial score (nSPS) is 11.6. The van der Waals surface area contributed by atoms with E-state index in [4.69, 9.17) is 16.3 Å². The third-order valence-corrected chi connectivity index (χ3v) is 2.43. The predicted molar refractivity (Wildman–Crippen MR) is 61.5 cm³/mol. The summed E-state index contributed by atoms with van der Waals surface area (Å²) in [7, 11) is 0. The Morgan fingerprint density at radius 1 is 1.24 bits per heavy atom. The van der Waals surface area contributed by atoms with Crippen molar-refractivity contribution < 1.29 is 22.6 Å². The lowest BCUT2D eigenvalue weighted by Crippen LogP contribution is -2.19. The molecule has 0 aliphatic rings. The fraction of sp³-hybridized carbons (Fsp3) is 0.400. The highest BCUT2D eigenvalue weighted by molar-refractivity contribution is 9.10. The van der Waals surface area contributed by atoms with Crippen molar-refractivity contribution in [2.75, 3.05) is 19.8 Å². The van der Waals surface area contributed by atoms with Crippen molar-refractivity contribution in [2.24, 2.45) is 0 Å². The largest absolute Gasteiger partial charge is 0.490 e.